The van der Waals surface area contributed by atoms with Crippen LogP contribution >= 0.6 is 0 Å². The van der Waals surface area contributed by atoms with Crippen molar-refractivity contribution in [3.63, 3.8) is 0 Å². The molecule has 116 valence electrons. The van der Waals surface area contributed by atoms with Crippen molar-refractivity contribution < 1.29 is 9.90 Å². The van der Waals surface area contributed by atoms with E-state index in [1.807, 2.05) is 25.1 Å². The van der Waals surface area contributed by atoms with E-state index in [0.717, 1.165) is 47.0 Å². The minimum absolute atomic E-state index is 0.190. The third-order valence-electron chi connectivity index (χ3n) is 4.95. The zero-order valence-corrected chi connectivity index (χ0v) is 13.7. The lowest BCUT2D eigenvalue weighted by Crippen LogP contribution is -2.29. The molecule has 1 heterocycles. The smallest absolute Gasteiger partial charge is 0.336 e. The Hall–Kier alpha value is -1.90. The lowest BCUT2D eigenvalue weighted by molar-refractivity contribution is 0.0696. The van der Waals surface area contributed by atoms with Gasteiger partial charge in [-0.15, -0.1) is 0 Å². The molecule has 0 spiro atoms. The molecule has 22 heavy (non-hydrogen) atoms. The van der Waals surface area contributed by atoms with E-state index in [4.69, 9.17) is 4.98 Å². The highest BCUT2D eigenvalue weighted by molar-refractivity contribution is 6.04. The van der Waals surface area contributed by atoms with E-state index in [0.29, 0.717) is 11.5 Å². The number of benzene rings is 1. The fourth-order valence-corrected chi connectivity index (χ4v) is 3.54. The second kappa shape index (κ2) is 5.08. The van der Waals surface area contributed by atoms with Gasteiger partial charge in [-0.3, -0.25) is 4.98 Å². The molecule has 0 saturated carbocycles. The first-order valence-corrected chi connectivity index (χ1v) is 7.93. The van der Waals surface area contributed by atoms with Gasteiger partial charge in [-0.1, -0.05) is 32.4 Å². The van der Waals surface area contributed by atoms with Gasteiger partial charge < -0.3 is 5.11 Å². The molecule has 0 fully saturated rings. The summed E-state index contributed by atoms with van der Waals surface area (Å²) in [5, 5.41) is 10.6. The number of aryl methyl sites for hydroxylation is 2. The van der Waals surface area contributed by atoms with E-state index in [1.54, 1.807) is 0 Å². The van der Waals surface area contributed by atoms with Gasteiger partial charge >= 0.3 is 5.97 Å². The maximum atomic E-state index is 11.9. The van der Waals surface area contributed by atoms with Crippen LogP contribution in [-0.2, 0) is 12.8 Å². The predicted molar refractivity (Wildman–Crippen MR) is 88.4 cm³/mol. The maximum absolute atomic E-state index is 11.9. The van der Waals surface area contributed by atoms with Gasteiger partial charge in [0.15, 0.2) is 0 Å². The highest BCUT2D eigenvalue weighted by Gasteiger charge is 2.32. The molecule has 0 bridgehead atoms. The summed E-state index contributed by atoms with van der Waals surface area (Å²) in [4.78, 5) is 16.7. The Morgan fingerprint density at radius 3 is 2.68 bits per heavy atom. The van der Waals surface area contributed by atoms with Gasteiger partial charge in [0.05, 0.1) is 11.1 Å². The van der Waals surface area contributed by atoms with E-state index < -0.39 is 5.97 Å². The molecule has 1 unspecified atom stereocenters. The first-order valence-electron chi connectivity index (χ1n) is 7.93. The van der Waals surface area contributed by atoms with E-state index in [9.17, 15) is 9.90 Å². The number of aromatic carboxylic acids is 1. The normalized spacial score (nSPS) is 18.3. The zero-order chi connectivity index (χ0) is 16.1. The van der Waals surface area contributed by atoms with Crippen molar-refractivity contribution in [2.24, 2.45) is 11.3 Å². The molecule has 3 rings (SSSR count). The molecule has 3 heteroatoms. The number of carbonyl (C=O) groups is 1. The summed E-state index contributed by atoms with van der Waals surface area (Å²) in [5.41, 5.74) is 4.47. The zero-order valence-electron chi connectivity index (χ0n) is 13.7. The summed E-state index contributed by atoms with van der Waals surface area (Å²) >= 11 is 0. The van der Waals surface area contributed by atoms with Gasteiger partial charge in [0.25, 0.3) is 0 Å². The van der Waals surface area contributed by atoms with Gasteiger partial charge in [0, 0.05) is 11.1 Å². The monoisotopic (exact) mass is 297 g/mol. The standard InChI is InChI=1S/C19H23NO2/c1-11-5-7-15-13(9-11)17(18(21)22)14-10-12(19(2,3)4)6-8-16(14)20-15/h5,7,9,12H,6,8,10H2,1-4H3,(H,21,22). The summed E-state index contributed by atoms with van der Waals surface area (Å²) in [5.74, 6) is -0.328. The SMILES string of the molecule is Cc1ccc2nc3c(c(C(=O)O)c2c1)CC(C(C)(C)C)CC3. The van der Waals surface area contributed by atoms with Gasteiger partial charge in [0.1, 0.15) is 0 Å². The summed E-state index contributed by atoms with van der Waals surface area (Å²) in [6.07, 6.45) is 2.78. The van der Waals surface area contributed by atoms with Crippen LogP contribution < -0.4 is 0 Å². The number of rotatable bonds is 1. The molecule has 0 radical (unpaired) electrons. The second-order valence-corrected chi connectivity index (χ2v) is 7.54. The molecule has 1 N–H and O–H groups in total. The number of fused-ring (bicyclic) bond motifs is 2. The molecule has 2 aromatic rings. The quantitative estimate of drug-likeness (QED) is 0.849. The molecule has 3 nitrogen and oxygen atoms in total. The van der Waals surface area contributed by atoms with Crippen molar-refractivity contribution in [3.8, 4) is 0 Å². The van der Waals surface area contributed by atoms with Crippen LogP contribution in [0.15, 0.2) is 18.2 Å². The van der Waals surface area contributed by atoms with Gasteiger partial charge in [-0.05, 0) is 55.2 Å². The average molecular weight is 297 g/mol. The molecule has 1 atom stereocenters. The van der Waals surface area contributed by atoms with E-state index in [-0.39, 0.29) is 5.41 Å². The fourth-order valence-electron chi connectivity index (χ4n) is 3.54. The first kappa shape index (κ1) is 15.0. The van der Waals surface area contributed by atoms with Crippen LogP contribution in [0, 0.1) is 18.3 Å². The summed E-state index contributed by atoms with van der Waals surface area (Å²) in [6, 6.07) is 5.88. The Morgan fingerprint density at radius 2 is 2.05 bits per heavy atom. The Labute approximate surface area is 131 Å². The highest BCUT2D eigenvalue weighted by Crippen LogP contribution is 2.39. The van der Waals surface area contributed by atoms with Crippen LogP contribution in [-0.4, -0.2) is 16.1 Å². The fraction of sp³-hybridized carbons (Fsp3) is 0.474. The Morgan fingerprint density at radius 1 is 1.32 bits per heavy atom. The summed E-state index contributed by atoms with van der Waals surface area (Å²) in [7, 11) is 0. The maximum Gasteiger partial charge on any atom is 0.336 e. The Balaban J connectivity index is 2.24. The van der Waals surface area contributed by atoms with E-state index in [1.165, 1.54) is 0 Å². The van der Waals surface area contributed by atoms with Gasteiger partial charge in [0.2, 0.25) is 0 Å². The number of carboxylic acids is 1. The number of hydrogen-bond acceptors (Lipinski definition) is 2. The number of nitrogens with zero attached hydrogens (tertiary/aromatic N) is 1. The molecule has 1 aromatic carbocycles. The van der Waals surface area contributed by atoms with Crippen molar-refractivity contribution in [2.45, 2.75) is 47.0 Å². The number of pyridine rings is 1. The molecule has 0 aliphatic heterocycles. The van der Waals surface area contributed by atoms with Crippen LogP contribution in [0.4, 0.5) is 0 Å². The van der Waals surface area contributed by atoms with Crippen LogP contribution in [0.1, 0.15) is 54.4 Å². The Bertz CT molecular complexity index is 756. The molecule has 1 aromatic heterocycles. The van der Waals surface area contributed by atoms with Gasteiger partial charge in [-0.25, -0.2) is 4.79 Å². The van der Waals surface area contributed by atoms with Crippen molar-refractivity contribution in [1.82, 2.24) is 4.98 Å². The summed E-state index contributed by atoms with van der Waals surface area (Å²) < 4.78 is 0. The molecule has 1 aliphatic rings. The minimum atomic E-state index is -0.830. The molecule has 0 saturated heterocycles. The average Bonchev–Trinajstić information content (AvgIpc) is 2.42. The molecular weight excluding hydrogens is 274 g/mol. The van der Waals surface area contributed by atoms with Crippen LogP contribution in [0.5, 0.6) is 0 Å². The third-order valence-corrected chi connectivity index (χ3v) is 4.95. The van der Waals surface area contributed by atoms with Crippen molar-refractivity contribution in [1.29, 1.82) is 0 Å². The largest absolute Gasteiger partial charge is 0.478 e. The van der Waals surface area contributed by atoms with Crippen LogP contribution in [0.25, 0.3) is 10.9 Å². The summed E-state index contributed by atoms with van der Waals surface area (Å²) in [6.45, 7) is 8.70. The lowest BCUT2D eigenvalue weighted by atomic mass is 9.70. The highest BCUT2D eigenvalue weighted by atomic mass is 16.4. The predicted octanol–water partition coefficient (Wildman–Crippen LogP) is 4.39. The minimum Gasteiger partial charge on any atom is -0.478 e. The van der Waals surface area contributed by atoms with Crippen molar-refractivity contribution in [3.05, 3.63) is 40.6 Å². The Kier molecular flexibility index (Phi) is 3.47. The third kappa shape index (κ3) is 2.49. The van der Waals surface area contributed by atoms with Gasteiger partial charge in [-0.2, -0.15) is 0 Å². The molecular formula is C19H23NO2. The van der Waals surface area contributed by atoms with E-state index in [2.05, 4.69) is 20.8 Å². The topological polar surface area (TPSA) is 50.2 Å². The molecule has 0 amide bonds. The molecule has 1 aliphatic carbocycles. The van der Waals surface area contributed by atoms with Crippen LogP contribution in [0.2, 0.25) is 0 Å². The first-order chi connectivity index (χ1) is 10.3. The number of aromatic nitrogens is 1. The number of carboxylic acid groups (broad SMARTS) is 1. The number of hydrogen-bond donors (Lipinski definition) is 1. The van der Waals surface area contributed by atoms with Crippen LogP contribution in [0.3, 0.4) is 0 Å². The lowest BCUT2D eigenvalue weighted by Gasteiger charge is -2.35. The van der Waals surface area contributed by atoms with Crippen molar-refractivity contribution in [2.75, 3.05) is 0 Å². The van der Waals surface area contributed by atoms with Crippen molar-refractivity contribution >= 4 is 16.9 Å². The second-order valence-electron chi connectivity index (χ2n) is 7.54. The van der Waals surface area contributed by atoms with E-state index >= 15 is 0 Å².